The zero-order chi connectivity index (χ0) is 16.9. The second-order valence-electron chi connectivity index (χ2n) is 6.95. The van der Waals surface area contributed by atoms with Gasteiger partial charge in [0.15, 0.2) is 0 Å². The van der Waals surface area contributed by atoms with Crippen molar-refractivity contribution in [3.05, 3.63) is 60.2 Å². The first kappa shape index (κ1) is 16.8. The molecule has 2 atom stereocenters. The van der Waals surface area contributed by atoms with Gasteiger partial charge < -0.3 is 10.0 Å². The third-order valence-electron chi connectivity index (χ3n) is 5.03. The Bertz CT molecular complexity index is 643. The molecule has 1 fully saturated rings. The van der Waals surface area contributed by atoms with Crippen molar-refractivity contribution < 1.29 is 5.11 Å². The third kappa shape index (κ3) is 4.09. The molecule has 0 aromatic heterocycles. The largest absolute Gasteiger partial charge is 0.508 e. The van der Waals surface area contributed by atoms with Crippen molar-refractivity contribution in [1.29, 1.82) is 0 Å². The lowest BCUT2D eigenvalue weighted by Crippen LogP contribution is -2.56. The molecule has 2 aromatic carbocycles. The van der Waals surface area contributed by atoms with Crippen LogP contribution in [0.4, 0.5) is 5.69 Å². The molecule has 1 N–H and O–H groups in total. The lowest BCUT2D eigenvalue weighted by Gasteiger charge is -2.45. The molecule has 3 nitrogen and oxygen atoms in total. The zero-order valence-electron chi connectivity index (χ0n) is 14.7. The molecule has 0 radical (unpaired) electrons. The Labute approximate surface area is 145 Å². The van der Waals surface area contributed by atoms with Crippen LogP contribution in [0.3, 0.4) is 0 Å². The van der Waals surface area contributed by atoms with Crippen molar-refractivity contribution in [3.8, 4) is 5.75 Å². The predicted molar refractivity (Wildman–Crippen MR) is 101 cm³/mol. The topological polar surface area (TPSA) is 26.7 Å². The lowest BCUT2D eigenvalue weighted by atomic mass is 10.0. The minimum atomic E-state index is 0.345. The fourth-order valence-corrected chi connectivity index (χ4v) is 3.67. The minimum Gasteiger partial charge on any atom is -0.508 e. The predicted octanol–water partition coefficient (Wildman–Crippen LogP) is 3.92. The summed E-state index contributed by atoms with van der Waals surface area (Å²) in [5, 5.41) is 9.74. The Morgan fingerprint density at radius 1 is 0.958 bits per heavy atom. The number of benzene rings is 2. The number of nitrogens with zero attached hydrogens (tertiary/aromatic N) is 2. The Morgan fingerprint density at radius 3 is 2.50 bits per heavy atom. The van der Waals surface area contributed by atoms with E-state index >= 15 is 0 Å². The Hall–Kier alpha value is -2.00. The van der Waals surface area contributed by atoms with Crippen molar-refractivity contribution >= 4 is 5.69 Å². The molecule has 0 aliphatic carbocycles. The molecule has 1 heterocycles. The number of hydrogen-bond acceptors (Lipinski definition) is 3. The maximum Gasteiger partial charge on any atom is 0.117 e. The maximum atomic E-state index is 9.74. The number of aryl methyl sites for hydroxylation is 1. The minimum absolute atomic E-state index is 0.345. The summed E-state index contributed by atoms with van der Waals surface area (Å²) in [6.07, 6.45) is 2.35. The highest BCUT2D eigenvalue weighted by atomic mass is 16.3. The van der Waals surface area contributed by atoms with Crippen molar-refractivity contribution in [1.82, 2.24) is 4.90 Å². The highest BCUT2D eigenvalue weighted by Crippen LogP contribution is 2.26. The van der Waals surface area contributed by atoms with E-state index in [1.54, 1.807) is 6.07 Å². The average molecular weight is 324 g/mol. The van der Waals surface area contributed by atoms with Gasteiger partial charge in [-0.1, -0.05) is 36.4 Å². The van der Waals surface area contributed by atoms with Crippen molar-refractivity contribution in [2.45, 2.75) is 38.8 Å². The van der Waals surface area contributed by atoms with E-state index in [1.807, 2.05) is 12.1 Å². The Kier molecular flexibility index (Phi) is 5.41. The van der Waals surface area contributed by atoms with Gasteiger partial charge in [-0.3, -0.25) is 4.90 Å². The van der Waals surface area contributed by atoms with Gasteiger partial charge >= 0.3 is 0 Å². The molecule has 3 rings (SSSR count). The zero-order valence-corrected chi connectivity index (χ0v) is 14.7. The molecule has 3 heteroatoms. The average Bonchev–Trinajstić information content (AvgIpc) is 2.58. The summed E-state index contributed by atoms with van der Waals surface area (Å²) >= 11 is 0. The fraction of sp³-hybridized carbons (Fsp3) is 0.429. The van der Waals surface area contributed by atoms with Gasteiger partial charge in [-0.15, -0.1) is 0 Å². The highest BCUT2D eigenvalue weighted by molar-refractivity contribution is 5.51. The Morgan fingerprint density at radius 2 is 1.75 bits per heavy atom. The van der Waals surface area contributed by atoms with Gasteiger partial charge in [0.1, 0.15) is 5.75 Å². The smallest absolute Gasteiger partial charge is 0.117 e. The monoisotopic (exact) mass is 324 g/mol. The van der Waals surface area contributed by atoms with E-state index in [1.165, 1.54) is 12.0 Å². The van der Waals surface area contributed by atoms with Crippen LogP contribution in [-0.4, -0.2) is 41.7 Å². The van der Waals surface area contributed by atoms with E-state index in [9.17, 15) is 5.11 Å². The lowest BCUT2D eigenvalue weighted by molar-refractivity contribution is 0.164. The number of phenolic OH excluding ortho intramolecular Hbond substituents is 1. The van der Waals surface area contributed by atoms with E-state index in [0.29, 0.717) is 17.8 Å². The molecule has 2 aromatic rings. The maximum absolute atomic E-state index is 9.74. The quantitative estimate of drug-likeness (QED) is 0.903. The first-order valence-electron chi connectivity index (χ1n) is 8.97. The van der Waals surface area contributed by atoms with Crippen LogP contribution in [0.1, 0.15) is 25.8 Å². The van der Waals surface area contributed by atoms with Crippen LogP contribution in [0.2, 0.25) is 0 Å². The number of rotatable bonds is 5. The molecule has 0 amide bonds. The highest BCUT2D eigenvalue weighted by Gasteiger charge is 2.28. The van der Waals surface area contributed by atoms with Crippen LogP contribution in [0.15, 0.2) is 54.6 Å². The van der Waals surface area contributed by atoms with E-state index in [0.717, 1.165) is 31.7 Å². The standard InChI is InChI=1S/C21H28N2O/c1-17-16-23(20-11-6-12-21(24)14-20)18(2)15-22(17)13-7-10-19-8-4-3-5-9-19/h3-6,8-9,11-12,14,17-18,24H,7,10,13,15-16H2,1-2H3/t17-,18+/m1/s1. The second-order valence-corrected chi connectivity index (χ2v) is 6.95. The number of piperazine rings is 1. The number of hydrogen-bond donors (Lipinski definition) is 1. The van der Waals surface area contributed by atoms with Gasteiger partial charge in [-0.05, 0) is 50.9 Å². The van der Waals surface area contributed by atoms with Crippen molar-refractivity contribution in [3.63, 3.8) is 0 Å². The summed E-state index contributed by atoms with van der Waals surface area (Å²) in [6, 6.07) is 19.3. The first-order valence-corrected chi connectivity index (χ1v) is 8.97. The molecule has 128 valence electrons. The van der Waals surface area contributed by atoms with E-state index in [4.69, 9.17) is 0 Å². The number of phenols is 1. The molecule has 0 spiro atoms. The summed E-state index contributed by atoms with van der Waals surface area (Å²) in [5.41, 5.74) is 2.55. The summed E-state index contributed by atoms with van der Waals surface area (Å²) < 4.78 is 0. The molecule has 1 aliphatic rings. The Balaban J connectivity index is 1.55. The first-order chi connectivity index (χ1) is 11.6. The van der Waals surface area contributed by atoms with Crippen molar-refractivity contribution in [2.75, 3.05) is 24.5 Å². The third-order valence-corrected chi connectivity index (χ3v) is 5.03. The number of anilines is 1. The molecule has 24 heavy (non-hydrogen) atoms. The molecule has 0 bridgehead atoms. The molecular weight excluding hydrogens is 296 g/mol. The second kappa shape index (κ2) is 7.71. The van der Waals surface area contributed by atoms with Crippen LogP contribution >= 0.6 is 0 Å². The van der Waals surface area contributed by atoms with Gasteiger partial charge in [0, 0.05) is 36.9 Å². The molecular formula is C21H28N2O. The molecule has 0 unspecified atom stereocenters. The normalized spacial score (nSPS) is 21.8. The summed E-state index contributed by atoms with van der Waals surface area (Å²) in [4.78, 5) is 5.02. The molecule has 0 saturated carbocycles. The van der Waals surface area contributed by atoms with Gasteiger partial charge in [0.2, 0.25) is 0 Å². The van der Waals surface area contributed by atoms with Crippen LogP contribution in [0, 0.1) is 0 Å². The van der Waals surface area contributed by atoms with Gasteiger partial charge in [0.25, 0.3) is 0 Å². The van der Waals surface area contributed by atoms with Crippen LogP contribution in [0.5, 0.6) is 5.75 Å². The summed E-state index contributed by atoms with van der Waals surface area (Å²) in [5.74, 6) is 0.345. The van der Waals surface area contributed by atoms with E-state index in [-0.39, 0.29) is 0 Å². The molecule has 1 saturated heterocycles. The van der Waals surface area contributed by atoms with Gasteiger partial charge in [-0.25, -0.2) is 0 Å². The number of aromatic hydroxyl groups is 1. The van der Waals surface area contributed by atoms with E-state index in [2.05, 4.69) is 60.0 Å². The van der Waals surface area contributed by atoms with Crippen LogP contribution < -0.4 is 4.90 Å². The van der Waals surface area contributed by atoms with Crippen LogP contribution in [0.25, 0.3) is 0 Å². The molecule has 1 aliphatic heterocycles. The fourth-order valence-electron chi connectivity index (χ4n) is 3.67. The van der Waals surface area contributed by atoms with Gasteiger partial charge in [-0.2, -0.15) is 0 Å². The van der Waals surface area contributed by atoms with Crippen molar-refractivity contribution in [2.24, 2.45) is 0 Å². The van der Waals surface area contributed by atoms with E-state index < -0.39 is 0 Å². The van der Waals surface area contributed by atoms with Gasteiger partial charge in [0.05, 0.1) is 0 Å². The summed E-state index contributed by atoms with van der Waals surface area (Å²) in [6.45, 7) is 7.82. The SMILES string of the molecule is C[C@@H]1CN(c2cccc(O)c2)[C@@H](C)CN1CCCc1ccccc1. The summed E-state index contributed by atoms with van der Waals surface area (Å²) in [7, 11) is 0. The van der Waals surface area contributed by atoms with Crippen LogP contribution in [-0.2, 0) is 6.42 Å².